The Morgan fingerprint density at radius 3 is 2.74 bits per heavy atom. The number of hydrogen-bond acceptors (Lipinski definition) is 5. The van der Waals surface area contributed by atoms with E-state index in [0.29, 0.717) is 17.9 Å². The molecular formula is C15H14Cl3N3O2. The quantitative estimate of drug-likeness (QED) is 0.425. The minimum Gasteiger partial charge on any atom is -0.507 e. The van der Waals surface area contributed by atoms with Gasteiger partial charge < -0.3 is 9.84 Å². The highest BCUT2D eigenvalue weighted by Gasteiger charge is 2.07. The monoisotopic (exact) mass is 373 g/mol. The SMILES string of the molecule is CCCOc1ccc(/C=N/Nc2nc(Cl)c(Cl)cc2Cl)c(O)c1. The zero-order chi connectivity index (χ0) is 16.8. The van der Waals surface area contributed by atoms with Gasteiger partial charge in [-0.05, 0) is 24.6 Å². The van der Waals surface area contributed by atoms with E-state index in [1.54, 1.807) is 12.1 Å². The summed E-state index contributed by atoms with van der Waals surface area (Å²) >= 11 is 17.6. The summed E-state index contributed by atoms with van der Waals surface area (Å²) in [6.45, 7) is 2.60. The highest BCUT2D eigenvalue weighted by atomic mass is 35.5. The third-order valence-corrected chi connectivity index (χ3v) is 3.70. The molecule has 5 nitrogen and oxygen atoms in total. The minimum absolute atomic E-state index is 0.0531. The first-order chi connectivity index (χ1) is 11.0. The minimum atomic E-state index is 0.0531. The van der Waals surface area contributed by atoms with Crippen LogP contribution in [0, 0.1) is 0 Å². The first-order valence-electron chi connectivity index (χ1n) is 6.77. The van der Waals surface area contributed by atoms with Gasteiger partial charge in [0.1, 0.15) is 16.7 Å². The van der Waals surface area contributed by atoms with Gasteiger partial charge in [-0.15, -0.1) is 0 Å². The molecule has 0 saturated carbocycles. The number of phenols is 1. The van der Waals surface area contributed by atoms with Crippen molar-refractivity contribution in [3.63, 3.8) is 0 Å². The van der Waals surface area contributed by atoms with Crippen LogP contribution in [0.5, 0.6) is 11.5 Å². The number of rotatable bonds is 6. The van der Waals surface area contributed by atoms with Crippen LogP contribution >= 0.6 is 34.8 Å². The van der Waals surface area contributed by atoms with Crippen molar-refractivity contribution in [2.24, 2.45) is 5.10 Å². The number of halogens is 3. The van der Waals surface area contributed by atoms with Gasteiger partial charge in [-0.3, -0.25) is 5.43 Å². The van der Waals surface area contributed by atoms with E-state index in [0.717, 1.165) is 6.42 Å². The van der Waals surface area contributed by atoms with Crippen molar-refractivity contribution in [3.8, 4) is 11.5 Å². The van der Waals surface area contributed by atoms with Gasteiger partial charge >= 0.3 is 0 Å². The highest BCUT2D eigenvalue weighted by Crippen LogP contribution is 2.29. The van der Waals surface area contributed by atoms with Crippen LogP contribution in [0.25, 0.3) is 0 Å². The molecule has 0 aliphatic carbocycles. The molecular weight excluding hydrogens is 361 g/mol. The molecule has 0 bridgehead atoms. The fourth-order valence-electron chi connectivity index (χ4n) is 1.63. The third kappa shape index (κ3) is 4.89. The van der Waals surface area contributed by atoms with E-state index in [4.69, 9.17) is 39.5 Å². The Morgan fingerprint density at radius 2 is 2.04 bits per heavy atom. The first kappa shape index (κ1) is 17.7. The third-order valence-electron chi connectivity index (χ3n) is 2.74. The molecule has 2 aromatic rings. The van der Waals surface area contributed by atoms with Gasteiger partial charge in [0.15, 0.2) is 5.82 Å². The van der Waals surface area contributed by atoms with Crippen molar-refractivity contribution >= 4 is 46.8 Å². The Morgan fingerprint density at radius 1 is 1.26 bits per heavy atom. The Balaban J connectivity index is 2.07. The van der Waals surface area contributed by atoms with Crippen molar-refractivity contribution < 1.29 is 9.84 Å². The number of nitrogens with one attached hydrogen (secondary N) is 1. The number of nitrogens with zero attached hydrogens (tertiary/aromatic N) is 2. The largest absolute Gasteiger partial charge is 0.507 e. The number of phenolic OH excluding ortho intramolecular Hbond substituents is 1. The molecule has 122 valence electrons. The molecule has 0 spiro atoms. The summed E-state index contributed by atoms with van der Waals surface area (Å²) in [6.07, 6.45) is 2.32. The van der Waals surface area contributed by atoms with Crippen LogP contribution in [0.3, 0.4) is 0 Å². The fourth-order valence-corrected chi connectivity index (χ4v) is 2.17. The lowest BCUT2D eigenvalue weighted by Gasteiger charge is -2.06. The van der Waals surface area contributed by atoms with Crippen LogP contribution < -0.4 is 10.2 Å². The summed E-state index contributed by atoms with van der Waals surface area (Å²) in [5.41, 5.74) is 3.16. The molecule has 2 rings (SSSR count). The van der Waals surface area contributed by atoms with E-state index in [9.17, 15) is 5.11 Å². The zero-order valence-corrected chi connectivity index (χ0v) is 14.5. The molecule has 1 aromatic heterocycles. The number of pyridine rings is 1. The summed E-state index contributed by atoms with van der Waals surface area (Å²) in [5, 5.41) is 14.6. The standard InChI is InChI=1S/C15H14Cl3N3O2/c1-2-5-23-10-4-3-9(13(22)6-10)8-19-21-15-12(17)7-11(16)14(18)20-15/h3-4,6-8,22H,2,5H2,1H3,(H,20,21)/b19-8+. The fraction of sp³-hybridized carbons (Fsp3) is 0.200. The molecule has 0 unspecified atom stereocenters. The molecule has 23 heavy (non-hydrogen) atoms. The second-order valence-electron chi connectivity index (χ2n) is 4.53. The van der Waals surface area contributed by atoms with E-state index < -0.39 is 0 Å². The van der Waals surface area contributed by atoms with Gasteiger partial charge in [-0.1, -0.05) is 41.7 Å². The maximum atomic E-state index is 9.94. The van der Waals surface area contributed by atoms with Gasteiger partial charge in [-0.25, -0.2) is 4.98 Å². The number of benzene rings is 1. The van der Waals surface area contributed by atoms with Crippen LogP contribution in [0.2, 0.25) is 15.2 Å². The Hall–Kier alpha value is -1.69. The van der Waals surface area contributed by atoms with E-state index in [-0.39, 0.29) is 26.8 Å². The lowest BCUT2D eigenvalue weighted by atomic mass is 10.2. The summed E-state index contributed by atoms with van der Waals surface area (Å²) in [7, 11) is 0. The summed E-state index contributed by atoms with van der Waals surface area (Å²) < 4.78 is 5.43. The molecule has 1 heterocycles. The van der Waals surface area contributed by atoms with Gasteiger partial charge in [0.2, 0.25) is 0 Å². The molecule has 0 aliphatic heterocycles. The molecule has 0 radical (unpaired) electrons. The van der Waals surface area contributed by atoms with E-state index >= 15 is 0 Å². The van der Waals surface area contributed by atoms with Gasteiger partial charge in [0.25, 0.3) is 0 Å². The molecule has 8 heteroatoms. The normalized spacial score (nSPS) is 11.0. The molecule has 0 saturated heterocycles. The molecule has 0 fully saturated rings. The predicted octanol–water partition coefficient (Wildman–Crippen LogP) is 4.98. The van der Waals surface area contributed by atoms with Crippen LogP contribution in [0.15, 0.2) is 29.4 Å². The average molecular weight is 375 g/mol. The van der Waals surface area contributed by atoms with Crippen LogP contribution in [-0.2, 0) is 0 Å². The Bertz CT molecular complexity index is 723. The van der Waals surface area contributed by atoms with Crippen molar-refractivity contribution in [3.05, 3.63) is 45.0 Å². The van der Waals surface area contributed by atoms with Crippen LogP contribution in [-0.4, -0.2) is 22.9 Å². The van der Waals surface area contributed by atoms with Gasteiger partial charge in [0.05, 0.1) is 22.9 Å². The van der Waals surface area contributed by atoms with Crippen molar-refractivity contribution in [1.82, 2.24) is 4.98 Å². The van der Waals surface area contributed by atoms with Gasteiger partial charge in [-0.2, -0.15) is 5.10 Å². The summed E-state index contributed by atoms with van der Waals surface area (Å²) in [4.78, 5) is 3.97. The number of ether oxygens (including phenoxy) is 1. The maximum Gasteiger partial charge on any atom is 0.166 e. The maximum absolute atomic E-state index is 9.94. The molecule has 2 N–H and O–H groups in total. The van der Waals surface area contributed by atoms with E-state index in [2.05, 4.69) is 15.5 Å². The van der Waals surface area contributed by atoms with Crippen molar-refractivity contribution in [2.75, 3.05) is 12.0 Å². The second-order valence-corrected chi connectivity index (χ2v) is 5.70. The van der Waals surface area contributed by atoms with Crippen molar-refractivity contribution in [1.29, 1.82) is 0 Å². The second kappa shape index (κ2) is 8.24. The molecule has 1 aromatic carbocycles. The highest BCUT2D eigenvalue weighted by molar-refractivity contribution is 6.42. The smallest absolute Gasteiger partial charge is 0.166 e. The number of hydrazone groups is 1. The zero-order valence-electron chi connectivity index (χ0n) is 12.2. The van der Waals surface area contributed by atoms with Crippen LogP contribution in [0.1, 0.15) is 18.9 Å². The Labute approximate surface area is 148 Å². The number of hydrogen-bond donors (Lipinski definition) is 2. The first-order valence-corrected chi connectivity index (χ1v) is 7.91. The summed E-state index contributed by atoms with van der Waals surface area (Å²) in [6, 6.07) is 6.44. The number of aromatic hydroxyl groups is 1. The average Bonchev–Trinajstić information content (AvgIpc) is 2.52. The van der Waals surface area contributed by atoms with Crippen LogP contribution in [0.4, 0.5) is 5.82 Å². The predicted molar refractivity (Wildman–Crippen MR) is 94.4 cm³/mol. The lowest BCUT2D eigenvalue weighted by molar-refractivity contribution is 0.315. The van der Waals surface area contributed by atoms with E-state index in [1.165, 1.54) is 18.3 Å². The lowest BCUT2D eigenvalue weighted by Crippen LogP contribution is -1.97. The molecule has 0 amide bonds. The summed E-state index contributed by atoms with van der Waals surface area (Å²) in [5.74, 6) is 0.917. The number of aromatic nitrogens is 1. The topological polar surface area (TPSA) is 66.7 Å². The Kier molecular flexibility index (Phi) is 6.33. The molecule has 0 atom stereocenters. The van der Waals surface area contributed by atoms with Gasteiger partial charge in [0, 0.05) is 11.6 Å². The van der Waals surface area contributed by atoms with E-state index in [1.807, 2.05) is 6.92 Å². The molecule has 0 aliphatic rings. The van der Waals surface area contributed by atoms with Crippen molar-refractivity contribution in [2.45, 2.75) is 13.3 Å². The number of anilines is 1.